The van der Waals surface area contributed by atoms with Crippen LogP contribution in [0, 0.1) is 6.92 Å². The fraction of sp³-hybridized carbons (Fsp3) is 0.385. The SMILES string of the molecule is CCC(c1cccs1)n1c(C)cnc1SCC(=O)O. The molecule has 2 heterocycles. The molecule has 0 aliphatic carbocycles. The van der Waals surface area contributed by atoms with Crippen LogP contribution in [0.3, 0.4) is 0 Å². The van der Waals surface area contributed by atoms with Crippen LogP contribution in [-0.2, 0) is 4.79 Å². The zero-order valence-corrected chi connectivity index (χ0v) is 12.5. The van der Waals surface area contributed by atoms with Crippen molar-refractivity contribution in [3.63, 3.8) is 0 Å². The highest BCUT2D eigenvalue weighted by atomic mass is 32.2. The zero-order valence-electron chi connectivity index (χ0n) is 10.9. The van der Waals surface area contributed by atoms with Gasteiger partial charge in [-0.3, -0.25) is 4.79 Å². The van der Waals surface area contributed by atoms with Gasteiger partial charge in [-0.2, -0.15) is 0 Å². The van der Waals surface area contributed by atoms with Crippen LogP contribution in [0.15, 0.2) is 28.9 Å². The highest BCUT2D eigenvalue weighted by Crippen LogP contribution is 2.31. The molecule has 0 fully saturated rings. The molecule has 0 saturated heterocycles. The molecule has 6 heteroatoms. The zero-order chi connectivity index (χ0) is 13.8. The lowest BCUT2D eigenvalue weighted by Crippen LogP contribution is -2.12. The second-order valence-electron chi connectivity index (χ2n) is 4.17. The third kappa shape index (κ3) is 3.19. The summed E-state index contributed by atoms with van der Waals surface area (Å²) >= 11 is 3.00. The van der Waals surface area contributed by atoms with Gasteiger partial charge in [-0.15, -0.1) is 11.3 Å². The molecule has 1 N–H and O–H groups in total. The highest BCUT2D eigenvalue weighted by Gasteiger charge is 2.19. The number of hydrogen-bond acceptors (Lipinski definition) is 4. The van der Waals surface area contributed by atoms with E-state index in [2.05, 4.69) is 27.9 Å². The van der Waals surface area contributed by atoms with E-state index in [9.17, 15) is 4.79 Å². The summed E-state index contributed by atoms with van der Waals surface area (Å²) in [7, 11) is 0. The van der Waals surface area contributed by atoms with Crippen molar-refractivity contribution in [1.29, 1.82) is 0 Å². The Bertz CT molecular complexity index is 549. The molecule has 2 aromatic rings. The molecule has 0 saturated carbocycles. The lowest BCUT2D eigenvalue weighted by molar-refractivity contribution is -0.133. The van der Waals surface area contributed by atoms with Gasteiger partial charge >= 0.3 is 5.97 Å². The summed E-state index contributed by atoms with van der Waals surface area (Å²) in [6.45, 7) is 4.14. The molecule has 1 atom stereocenters. The van der Waals surface area contributed by atoms with E-state index in [-0.39, 0.29) is 11.8 Å². The molecule has 0 amide bonds. The summed E-state index contributed by atoms with van der Waals surface area (Å²) in [5.74, 6) is -0.779. The largest absolute Gasteiger partial charge is 0.481 e. The van der Waals surface area contributed by atoms with Crippen molar-refractivity contribution in [2.24, 2.45) is 0 Å². The number of thiophene rings is 1. The van der Waals surface area contributed by atoms with Gasteiger partial charge in [0.25, 0.3) is 0 Å². The number of thioether (sulfide) groups is 1. The van der Waals surface area contributed by atoms with E-state index in [0.29, 0.717) is 0 Å². The Morgan fingerprint density at radius 1 is 1.63 bits per heavy atom. The number of aryl methyl sites for hydroxylation is 1. The van der Waals surface area contributed by atoms with E-state index in [0.717, 1.165) is 17.3 Å². The van der Waals surface area contributed by atoms with Crippen LogP contribution in [0.5, 0.6) is 0 Å². The van der Waals surface area contributed by atoms with Crippen molar-refractivity contribution in [2.45, 2.75) is 31.5 Å². The Hall–Kier alpha value is -1.27. The van der Waals surface area contributed by atoms with Gasteiger partial charge in [-0.25, -0.2) is 4.98 Å². The first-order chi connectivity index (χ1) is 9.13. The van der Waals surface area contributed by atoms with Crippen molar-refractivity contribution in [3.8, 4) is 0 Å². The van der Waals surface area contributed by atoms with Crippen molar-refractivity contribution in [2.75, 3.05) is 5.75 Å². The van der Waals surface area contributed by atoms with E-state index in [1.807, 2.05) is 13.0 Å². The minimum absolute atomic E-state index is 0.0390. The molecule has 0 radical (unpaired) electrons. The summed E-state index contributed by atoms with van der Waals surface area (Å²) in [5, 5.41) is 11.6. The maximum absolute atomic E-state index is 10.7. The standard InChI is InChI=1S/C13H16N2O2S2/c1-3-10(11-5-4-6-18-11)15-9(2)7-14-13(15)19-8-12(16)17/h4-7,10H,3,8H2,1-2H3,(H,16,17). The summed E-state index contributed by atoms with van der Waals surface area (Å²) in [5.41, 5.74) is 1.06. The fourth-order valence-corrected chi connectivity index (χ4v) is 3.72. The second kappa shape index (κ2) is 6.25. The molecule has 0 aromatic carbocycles. The molecule has 102 valence electrons. The second-order valence-corrected chi connectivity index (χ2v) is 6.10. The minimum atomic E-state index is -0.818. The Morgan fingerprint density at radius 3 is 3.00 bits per heavy atom. The molecule has 19 heavy (non-hydrogen) atoms. The molecular formula is C13H16N2O2S2. The average molecular weight is 296 g/mol. The van der Waals surface area contributed by atoms with Gasteiger partial charge in [0.05, 0.1) is 11.8 Å². The predicted molar refractivity (Wildman–Crippen MR) is 78.1 cm³/mol. The number of nitrogens with zero attached hydrogens (tertiary/aromatic N) is 2. The predicted octanol–water partition coefficient (Wildman–Crippen LogP) is 3.43. The molecule has 0 bridgehead atoms. The number of carboxylic acids is 1. The number of imidazole rings is 1. The van der Waals surface area contributed by atoms with E-state index in [1.54, 1.807) is 17.5 Å². The topological polar surface area (TPSA) is 55.1 Å². The number of aliphatic carboxylic acids is 1. The van der Waals surface area contributed by atoms with E-state index >= 15 is 0 Å². The van der Waals surface area contributed by atoms with Gasteiger partial charge in [0.15, 0.2) is 5.16 Å². The third-order valence-corrected chi connectivity index (χ3v) is 4.77. The molecule has 0 aliphatic rings. The van der Waals surface area contributed by atoms with Crippen LogP contribution in [0.2, 0.25) is 0 Å². The molecule has 0 aliphatic heterocycles. The van der Waals surface area contributed by atoms with Crippen molar-refractivity contribution in [1.82, 2.24) is 9.55 Å². The van der Waals surface area contributed by atoms with Crippen LogP contribution in [0.4, 0.5) is 0 Å². The van der Waals surface area contributed by atoms with Gasteiger partial charge in [0.1, 0.15) is 0 Å². The number of carbonyl (C=O) groups is 1. The Labute approximate surface area is 120 Å². The summed E-state index contributed by atoms with van der Waals surface area (Å²) in [6.07, 6.45) is 2.76. The van der Waals surface area contributed by atoms with Crippen LogP contribution in [0.25, 0.3) is 0 Å². The summed E-state index contributed by atoms with van der Waals surface area (Å²) < 4.78 is 2.14. The Morgan fingerprint density at radius 2 is 2.42 bits per heavy atom. The normalized spacial score (nSPS) is 12.5. The molecular weight excluding hydrogens is 280 g/mol. The van der Waals surface area contributed by atoms with Crippen LogP contribution >= 0.6 is 23.1 Å². The number of rotatable bonds is 6. The molecule has 0 spiro atoms. The van der Waals surface area contributed by atoms with E-state index < -0.39 is 5.97 Å². The maximum Gasteiger partial charge on any atom is 0.313 e. The van der Waals surface area contributed by atoms with Gasteiger partial charge in [-0.1, -0.05) is 24.8 Å². The van der Waals surface area contributed by atoms with E-state index in [1.165, 1.54) is 16.6 Å². The highest BCUT2D eigenvalue weighted by molar-refractivity contribution is 7.99. The molecule has 4 nitrogen and oxygen atoms in total. The van der Waals surface area contributed by atoms with Gasteiger partial charge in [0, 0.05) is 16.8 Å². The van der Waals surface area contributed by atoms with Gasteiger partial charge in [0.2, 0.25) is 0 Å². The summed E-state index contributed by atoms with van der Waals surface area (Å²) in [4.78, 5) is 16.3. The number of aromatic nitrogens is 2. The lowest BCUT2D eigenvalue weighted by Gasteiger charge is -2.19. The van der Waals surface area contributed by atoms with Gasteiger partial charge < -0.3 is 9.67 Å². The van der Waals surface area contributed by atoms with Gasteiger partial charge in [-0.05, 0) is 24.8 Å². The number of carboxylic acid groups (broad SMARTS) is 1. The quantitative estimate of drug-likeness (QED) is 0.830. The number of hydrogen-bond donors (Lipinski definition) is 1. The lowest BCUT2D eigenvalue weighted by atomic mass is 10.2. The Balaban J connectivity index is 2.31. The van der Waals surface area contributed by atoms with E-state index in [4.69, 9.17) is 5.11 Å². The molecule has 2 aromatic heterocycles. The Kier molecular flexibility index (Phi) is 4.66. The third-order valence-electron chi connectivity index (χ3n) is 2.84. The van der Waals surface area contributed by atoms with Crippen molar-refractivity contribution >= 4 is 29.1 Å². The first-order valence-corrected chi connectivity index (χ1v) is 7.91. The first-order valence-electron chi connectivity index (χ1n) is 6.05. The van der Waals surface area contributed by atoms with Crippen molar-refractivity contribution in [3.05, 3.63) is 34.3 Å². The van der Waals surface area contributed by atoms with Crippen LogP contribution < -0.4 is 0 Å². The molecule has 2 rings (SSSR count). The minimum Gasteiger partial charge on any atom is -0.481 e. The van der Waals surface area contributed by atoms with Crippen LogP contribution in [-0.4, -0.2) is 26.4 Å². The summed E-state index contributed by atoms with van der Waals surface area (Å²) in [6, 6.07) is 4.39. The first kappa shape index (κ1) is 14.1. The molecule has 1 unspecified atom stereocenters. The smallest absolute Gasteiger partial charge is 0.313 e. The van der Waals surface area contributed by atoms with Crippen LogP contribution in [0.1, 0.15) is 30.0 Å². The monoisotopic (exact) mass is 296 g/mol. The fourth-order valence-electron chi connectivity index (χ4n) is 2.03. The average Bonchev–Trinajstić information content (AvgIpc) is 3.00. The van der Waals surface area contributed by atoms with Crippen molar-refractivity contribution < 1.29 is 9.90 Å². The maximum atomic E-state index is 10.7.